The molecule has 0 amide bonds. The first kappa shape index (κ1) is 15.9. The van der Waals surface area contributed by atoms with Gasteiger partial charge in [-0.3, -0.25) is 0 Å². The molecule has 1 aliphatic rings. The molecule has 1 heterocycles. The fraction of sp³-hybridized carbons (Fsp3) is 1.00. The lowest BCUT2D eigenvalue weighted by Gasteiger charge is -2.37. The van der Waals surface area contributed by atoms with Gasteiger partial charge in [-0.05, 0) is 43.9 Å². The third kappa shape index (κ3) is 5.25. The second kappa shape index (κ2) is 7.46. The van der Waals surface area contributed by atoms with Gasteiger partial charge >= 0.3 is 0 Å². The van der Waals surface area contributed by atoms with Crippen molar-refractivity contribution in [3.05, 3.63) is 0 Å². The first-order valence-corrected chi connectivity index (χ1v) is 7.21. The van der Waals surface area contributed by atoms with Crippen LogP contribution in [0.3, 0.4) is 0 Å². The largest absolute Gasteiger partial charge is 0.385 e. The van der Waals surface area contributed by atoms with Crippen molar-refractivity contribution in [2.75, 3.05) is 20.3 Å². The third-order valence-corrected chi connectivity index (χ3v) is 3.82. The Hall–Kier alpha value is -0.120. The Balaban J connectivity index is 2.49. The standard InChI is InChI=1S/C15H30O3/c1-12(18-14-8-6-7-10-17-14)13(9-11-16-5)15(2,3)4/h12-14H,6-11H2,1-5H3/t12-,13?,14+/m1/s1. The highest BCUT2D eigenvalue weighted by Gasteiger charge is 2.32. The van der Waals surface area contributed by atoms with Crippen LogP contribution in [0.15, 0.2) is 0 Å². The minimum atomic E-state index is 0.00106. The monoisotopic (exact) mass is 258 g/mol. The molecule has 1 aliphatic heterocycles. The second-order valence-corrected chi connectivity index (χ2v) is 6.39. The normalized spacial score (nSPS) is 24.8. The Morgan fingerprint density at radius 3 is 2.50 bits per heavy atom. The Labute approximate surface area is 112 Å². The fourth-order valence-corrected chi connectivity index (χ4v) is 2.77. The quantitative estimate of drug-likeness (QED) is 0.728. The summed E-state index contributed by atoms with van der Waals surface area (Å²) in [5.74, 6) is 0.489. The van der Waals surface area contributed by atoms with Crippen molar-refractivity contribution in [1.29, 1.82) is 0 Å². The van der Waals surface area contributed by atoms with E-state index < -0.39 is 0 Å². The van der Waals surface area contributed by atoms with Gasteiger partial charge in [-0.25, -0.2) is 0 Å². The Kier molecular flexibility index (Phi) is 6.61. The number of rotatable bonds is 6. The molecule has 3 nitrogen and oxygen atoms in total. The van der Waals surface area contributed by atoms with E-state index in [-0.39, 0.29) is 17.8 Å². The first-order valence-electron chi connectivity index (χ1n) is 7.21. The Morgan fingerprint density at radius 1 is 1.28 bits per heavy atom. The van der Waals surface area contributed by atoms with E-state index in [4.69, 9.17) is 14.2 Å². The topological polar surface area (TPSA) is 27.7 Å². The maximum absolute atomic E-state index is 6.10. The van der Waals surface area contributed by atoms with E-state index in [1.54, 1.807) is 7.11 Å². The number of ether oxygens (including phenoxy) is 3. The number of hydrogen-bond donors (Lipinski definition) is 0. The molecule has 0 aromatic rings. The molecule has 108 valence electrons. The van der Waals surface area contributed by atoms with Gasteiger partial charge in [0.2, 0.25) is 0 Å². The zero-order valence-electron chi connectivity index (χ0n) is 12.7. The Bertz CT molecular complexity index is 216. The number of methoxy groups -OCH3 is 1. The minimum Gasteiger partial charge on any atom is -0.385 e. The van der Waals surface area contributed by atoms with Crippen LogP contribution in [-0.4, -0.2) is 32.7 Å². The lowest BCUT2D eigenvalue weighted by Crippen LogP contribution is -2.37. The van der Waals surface area contributed by atoms with Gasteiger partial charge in [0.1, 0.15) is 0 Å². The molecular formula is C15H30O3. The van der Waals surface area contributed by atoms with E-state index in [0.717, 1.165) is 26.1 Å². The van der Waals surface area contributed by atoms with Gasteiger partial charge in [0, 0.05) is 20.3 Å². The molecule has 1 saturated heterocycles. The molecule has 3 heteroatoms. The third-order valence-electron chi connectivity index (χ3n) is 3.82. The van der Waals surface area contributed by atoms with Crippen molar-refractivity contribution in [2.45, 2.75) is 65.8 Å². The second-order valence-electron chi connectivity index (χ2n) is 6.39. The summed E-state index contributed by atoms with van der Waals surface area (Å²) in [7, 11) is 1.76. The highest BCUT2D eigenvalue weighted by Crippen LogP contribution is 2.34. The van der Waals surface area contributed by atoms with Crippen molar-refractivity contribution in [2.24, 2.45) is 11.3 Å². The summed E-state index contributed by atoms with van der Waals surface area (Å²) in [6.45, 7) is 10.6. The molecule has 0 aromatic carbocycles. The van der Waals surface area contributed by atoms with Gasteiger partial charge in [0.25, 0.3) is 0 Å². The molecular weight excluding hydrogens is 228 g/mol. The summed E-state index contributed by atoms with van der Waals surface area (Å²) in [5, 5.41) is 0. The van der Waals surface area contributed by atoms with Gasteiger partial charge in [0.15, 0.2) is 6.29 Å². The summed E-state index contributed by atoms with van der Waals surface area (Å²) in [4.78, 5) is 0. The van der Waals surface area contributed by atoms with Crippen molar-refractivity contribution >= 4 is 0 Å². The highest BCUT2D eigenvalue weighted by atomic mass is 16.7. The lowest BCUT2D eigenvalue weighted by molar-refractivity contribution is -0.202. The molecule has 0 saturated carbocycles. The van der Waals surface area contributed by atoms with Crippen molar-refractivity contribution in [1.82, 2.24) is 0 Å². The molecule has 1 fully saturated rings. The van der Waals surface area contributed by atoms with Crippen molar-refractivity contribution in [3.8, 4) is 0 Å². The molecule has 1 unspecified atom stereocenters. The molecule has 18 heavy (non-hydrogen) atoms. The van der Waals surface area contributed by atoms with Gasteiger partial charge in [-0.1, -0.05) is 20.8 Å². The molecule has 0 radical (unpaired) electrons. The SMILES string of the molecule is COCCC([C@@H](C)O[C@H]1CCCCO1)C(C)(C)C. The van der Waals surface area contributed by atoms with Gasteiger partial charge in [0.05, 0.1) is 6.10 Å². The van der Waals surface area contributed by atoms with Crippen LogP contribution in [0.2, 0.25) is 0 Å². The minimum absolute atomic E-state index is 0.00106. The molecule has 3 atom stereocenters. The van der Waals surface area contributed by atoms with E-state index in [0.29, 0.717) is 5.92 Å². The number of hydrogen-bond acceptors (Lipinski definition) is 3. The molecule has 0 N–H and O–H groups in total. The van der Waals surface area contributed by atoms with E-state index in [9.17, 15) is 0 Å². The maximum Gasteiger partial charge on any atom is 0.157 e. The summed E-state index contributed by atoms with van der Waals surface area (Å²) in [6, 6.07) is 0. The van der Waals surface area contributed by atoms with Crippen LogP contribution in [-0.2, 0) is 14.2 Å². The van der Waals surface area contributed by atoms with Crippen LogP contribution in [0, 0.1) is 11.3 Å². The smallest absolute Gasteiger partial charge is 0.157 e. The van der Waals surface area contributed by atoms with Crippen LogP contribution in [0.1, 0.15) is 53.4 Å². The van der Waals surface area contributed by atoms with Crippen LogP contribution >= 0.6 is 0 Å². The van der Waals surface area contributed by atoms with E-state index in [1.165, 1.54) is 12.8 Å². The van der Waals surface area contributed by atoms with E-state index in [1.807, 2.05) is 0 Å². The fourth-order valence-electron chi connectivity index (χ4n) is 2.77. The van der Waals surface area contributed by atoms with Crippen LogP contribution in [0.4, 0.5) is 0 Å². The molecule has 0 aromatic heterocycles. The lowest BCUT2D eigenvalue weighted by atomic mass is 9.76. The molecule has 0 spiro atoms. The zero-order valence-corrected chi connectivity index (χ0v) is 12.7. The van der Waals surface area contributed by atoms with Gasteiger partial charge < -0.3 is 14.2 Å². The predicted molar refractivity (Wildman–Crippen MR) is 73.6 cm³/mol. The average Bonchev–Trinajstić information content (AvgIpc) is 2.29. The summed E-state index contributed by atoms with van der Waals surface area (Å²) in [5.41, 5.74) is 0.229. The van der Waals surface area contributed by atoms with Gasteiger partial charge in [-0.15, -0.1) is 0 Å². The zero-order chi connectivity index (χ0) is 13.6. The first-order chi connectivity index (χ1) is 8.45. The van der Waals surface area contributed by atoms with Crippen LogP contribution in [0.25, 0.3) is 0 Å². The summed E-state index contributed by atoms with van der Waals surface area (Å²) in [6.07, 6.45) is 4.67. The van der Waals surface area contributed by atoms with Gasteiger partial charge in [-0.2, -0.15) is 0 Å². The van der Waals surface area contributed by atoms with Crippen LogP contribution < -0.4 is 0 Å². The molecule has 1 rings (SSSR count). The predicted octanol–water partition coefficient (Wildman–Crippen LogP) is 3.62. The summed E-state index contributed by atoms with van der Waals surface area (Å²) < 4.78 is 17.0. The maximum atomic E-state index is 6.10. The average molecular weight is 258 g/mol. The van der Waals surface area contributed by atoms with Crippen molar-refractivity contribution in [3.63, 3.8) is 0 Å². The van der Waals surface area contributed by atoms with Crippen molar-refractivity contribution < 1.29 is 14.2 Å². The Morgan fingerprint density at radius 2 is 2.00 bits per heavy atom. The van der Waals surface area contributed by atoms with E-state index in [2.05, 4.69) is 27.7 Å². The van der Waals surface area contributed by atoms with E-state index >= 15 is 0 Å². The molecule has 0 aliphatic carbocycles. The summed E-state index contributed by atoms with van der Waals surface area (Å²) >= 11 is 0. The highest BCUT2D eigenvalue weighted by molar-refractivity contribution is 4.79. The van der Waals surface area contributed by atoms with Crippen LogP contribution in [0.5, 0.6) is 0 Å². The molecule has 0 bridgehead atoms.